The number of nitrogen functional groups attached to an aromatic ring is 1. The summed E-state index contributed by atoms with van der Waals surface area (Å²) in [6.45, 7) is 0.375. The van der Waals surface area contributed by atoms with Crippen LogP contribution in [0.4, 0.5) is 5.69 Å². The lowest BCUT2D eigenvalue weighted by atomic mass is 9.98. The number of aromatic nitrogens is 1. The molecule has 1 amide bonds. The van der Waals surface area contributed by atoms with Crippen LogP contribution in [-0.2, 0) is 6.54 Å². The molecule has 0 saturated heterocycles. The summed E-state index contributed by atoms with van der Waals surface area (Å²) >= 11 is 0. The highest BCUT2D eigenvalue weighted by molar-refractivity contribution is 6.15. The summed E-state index contributed by atoms with van der Waals surface area (Å²) in [4.78, 5) is 16.5. The number of methoxy groups -OCH3 is 1. The highest BCUT2D eigenvalue weighted by Gasteiger charge is 2.13. The normalized spacial score (nSPS) is 10.3. The van der Waals surface area contributed by atoms with Gasteiger partial charge in [0.25, 0.3) is 5.91 Å². The number of ether oxygens (including phenoxy) is 1. The quantitative estimate of drug-likeness (QED) is 0.464. The zero-order chi connectivity index (χ0) is 19.2. The van der Waals surface area contributed by atoms with Crippen LogP contribution >= 0.6 is 0 Å². The van der Waals surface area contributed by atoms with Crippen molar-refractivity contribution < 1.29 is 9.53 Å². The molecule has 0 spiro atoms. The van der Waals surface area contributed by atoms with Crippen molar-refractivity contribution in [2.24, 2.45) is 0 Å². The first-order valence-electron chi connectivity index (χ1n) is 8.38. The molecule has 1 aromatic heterocycles. The van der Waals surface area contributed by atoms with Crippen LogP contribution in [0.5, 0.6) is 5.75 Å². The fourth-order valence-electron chi connectivity index (χ4n) is 2.64. The van der Waals surface area contributed by atoms with Gasteiger partial charge in [-0.15, -0.1) is 0 Å². The fourth-order valence-corrected chi connectivity index (χ4v) is 2.64. The van der Waals surface area contributed by atoms with Gasteiger partial charge in [-0.25, -0.2) is 0 Å². The summed E-state index contributed by atoms with van der Waals surface area (Å²) in [5.41, 5.74) is 9.23. The minimum Gasteiger partial charge on any atom is -0.497 e. The van der Waals surface area contributed by atoms with E-state index in [0.717, 1.165) is 5.56 Å². The molecule has 3 aromatic rings. The smallest absolute Gasteiger partial charge is 0.251 e. The molecule has 4 N–H and O–H groups in total. The van der Waals surface area contributed by atoms with Crippen LogP contribution in [0.3, 0.4) is 0 Å². The van der Waals surface area contributed by atoms with E-state index in [9.17, 15) is 4.79 Å². The van der Waals surface area contributed by atoms with Crippen LogP contribution in [0.2, 0.25) is 0 Å². The first kappa shape index (κ1) is 18.1. The summed E-state index contributed by atoms with van der Waals surface area (Å²) in [6, 6.07) is 15.8. The third-order valence-electron chi connectivity index (χ3n) is 4.12. The fraction of sp³-hybridized carbons (Fsp3) is 0.0952. The molecule has 0 atom stereocenters. The van der Waals surface area contributed by atoms with Crippen LogP contribution in [0, 0.1) is 5.41 Å². The van der Waals surface area contributed by atoms with E-state index >= 15 is 0 Å². The van der Waals surface area contributed by atoms with Gasteiger partial charge in [-0.2, -0.15) is 0 Å². The van der Waals surface area contributed by atoms with Gasteiger partial charge in [-0.1, -0.05) is 18.2 Å². The van der Waals surface area contributed by atoms with Crippen molar-refractivity contribution in [1.29, 1.82) is 5.41 Å². The van der Waals surface area contributed by atoms with Crippen molar-refractivity contribution in [3.8, 4) is 5.75 Å². The van der Waals surface area contributed by atoms with Crippen LogP contribution < -0.4 is 15.8 Å². The molecule has 1 heterocycles. The molecule has 2 aromatic carbocycles. The maximum Gasteiger partial charge on any atom is 0.251 e. The van der Waals surface area contributed by atoms with Crippen LogP contribution in [0.1, 0.15) is 27.0 Å². The summed E-state index contributed by atoms with van der Waals surface area (Å²) in [5, 5.41) is 11.3. The Morgan fingerprint density at radius 2 is 2.00 bits per heavy atom. The molecule has 6 heteroatoms. The second-order valence-corrected chi connectivity index (χ2v) is 5.95. The van der Waals surface area contributed by atoms with Gasteiger partial charge in [0.1, 0.15) is 5.75 Å². The number of rotatable bonds is 6. The van der Waals surface area contributed by atoms with Gasteiger partial charge in [-0.3, -0.25) is 15.2 Å². The molecule has 136 valence electrons. The Kier molecular flexibility index (Phi) is 5.47. The maximum atomic E-state index is 12.5. The molecule has 0 aliphatic heterocycles. The van der Waals surface area contributed by atoms with E-state index in [1.807, 2.05) is 24.3 Å². The third-order valence-corrected chi connectivity index (χ3v) is 4.12. The van der Waals surface area contributed by atoms with Crippen molar-refractivity contribution in [2.45, 2.75) is 6.54 Å². The minimum absolute atomic E-state index is 0.230. The van der Waals surface area contributed by atoms with E-state index in [2.05, 4.69) is 10.3 Å². The lowest BCUT2D eigenvalue weighted by molar-refractivity contribution is 0.0951. The molecule has 3 rings (SSSR count). The van der Waals surface area contributed by atoms with Gasteiger partial charge in [-0.05, 0) is 42.0 Å². The van der Waals surface area contributed by atoms with Crippen LogP contribution in [-0.4, -0.2) is 23.7 Å². The summed E-state index contributed by atoms with van der Waals surface area (Å²) in [6.07, 6.45) is 3.38. The average molecular weight is 360 g/mol. The maximum absolute atomic E-state index is 12.5. The lowest BCUT2D eigenvalue weighted by Gasteiger charge is -2.11. The number of anilines is 1. The van der Waals surface area contributed by atoms with Crippen molar-refractivity contribution in [3.63, 3.8) is 0 Å². The Labute approximate surface area is 157 Å². The van der Waals surface area contributed by atoms with Crippen LogP contribution in [0.25, 0.3) is 0 Å². The third kappa shape index (κ3) is 4.30. The molecular formula is C21H20N4O2. The predicted octanol–water partition coefficient (Wildman–Crippen LogP) is 3.02. The lowest BCUT2D eigenvalue weighted by Crippen LogP contribution is -2.23. The first-order valence-corrected chi connectivity index (χ1v) is 8.38. The highest BCUT2D eigenvalue weighted by atomic mass is 16.5. The molecule has 0 fully saturated rings. The minimum atomic E-state index is -0.237. The van der Waals surface area contributed by atoms with Gasteiger partial charge in [0.05, 0.1) is 12.8 Å². The predicted molar refractivity (Wildman–Crippen MR) is 105 cm³/mol. The largest absolute Gasteiger partial charge is 0.497 e. The van der Waals surface area contributed by atoms with Crippen molar-refractivity contribution in [3.05, 3.63) is 89.2 Å². The van der Waals surface area contributed by atoms with Crippen molar-refractivity contribution in [2.75, 3.05) is 12.8 Å². The second kappa shape index (κ2) is 8.14. The number of nitrogens with two attached hydrogens (primary N) is 1. The van der Waals surface area contributed by atoms with Gasteiger partial charge >= 0.3 is 0 Å². The standard InChI is InChI=1S/C21H20N4O2/c1-27-17-6-2-5-15(10-17)20(23)18-11-16(7-8-19(18)22)21(26)25-13-14-4-3-9-24-12-14/h2-12,23H,13,22H2,1H3,(H,25,26). The van der Waals surface area contributed by atoms with E-state index < -0.39 is 0 Å². The monoisotopic (exact) mass is 360 g/mol. The van der Waals surface area contributed by atoms with Gasteiger partial charge in [0, 0.05) is 41.3 Å². The van der Waals surface area contributed by atoms with Gasteiger partial charge in [0.15, 0.2) is 0 Å². The number of nitrogens with one attached hydrogen (secondary N) is 2. The number of carbonyl (C=O) groups excluding carboxylic acids is 1. The summed E-state index contributed by atoms with van der Waals surface area (Å²) in [7, 11) is 1.57. The molecule has 0 saturated carbocycles. The molecule has 6 nitrogen and oxygen atoms in total. The van der Waals surface area contributed by atoms with Crippen molar-refractivity contribution >= 4 is 17.3 Å². The second-order valence-electron chi connectivity index (χ2n) is 5.95. The molecule has 0 radical (unpaired) electrons. The molecule has 0 bridgehead atoms. The van der Waals surface area contributed by atoms with E-state index in [1.165, 1.54) is 0 Å². The van der Waals surface area contributed by atoms with Gasteiger partial charge < -0.3 is 15.8 Å². The number of pyridine rings is 1. The average Bonchev–Trinajstić information content (AvgIpc) is 2.72. The Morgan fingerprint density at radius 3 is 2.74 bits per heavy atom. The molecular weight excluding hydrogens is 340 g/mol. The Morgan fingerprint density at radius 1 is 1.15 bits per heavy atom. The SMILES string of the molecule is COc1cccc(C(=N)c2cc(C(=O)NCc3cccnc3)ccc2N)c1. The molecule has 27 heavy (non-hydrogen) atoms. The summed E-state index contributed by atoms with van der Waals surface area (Å²) < 4.78 is 5.21. The Bertz CT molecular complexity index is 971. The molecule has 0 aliphatic carbocycles. The number of nitrogens with zero attached hydrogens (tertiary/aromatic N) is 1. The van der Waals surface area contributed by atoms with Crippen molar-refractivity contribution in [1.82, 2.24) is 10.3 Å². The van der Waals surface area contributed by atoms with Crippen LogP contribution in [0.15, 0.2) is 67.0 Å². The topological polar surface area (TPSA) is 101 Å². The van der Waals surface area contributed by atoms with E-state index in [4.69, 9.17) is 15.9 Å². The number of carbonyl (C=O) groups is 1. The van der Waals surface area contributed by atoms with E-state index in [-0.39, 0.29) is 11.6 Å². The number of hydrogen-bond donors (Lipinski definition) is 3. The van der Waals surface area contributed by atoms with E-state index in [1.54, 1.807) is 49.8 Å². The highest BCUT2D eigenvalue weighted by Crippen LogP contribution is 2.21. The zero-order valence-corrected chi connectivity index (χ0v) is 14.9. The number of amides is 1. The number of benzene rings is 2. The van der Waals surface area contributed by atoms with Gasteiger partial charge in [0.2, 0.25) is 0 Å². The molecule has 0 aliphatic rings. The zero-order valence-electron chi connectivity index (χ0n) is 14.9. The van der Waals surface area contributed by atoms with E-state index in [0.29, 0.717) is 34.7 Å². The molecule has 0 unspecified atom stereocenters. The Balaban J connectivity index is 1.81. The number of hydrogen-bond acceptors (Lipinski definition) is 5. The summed E-state index contributed by atoms with van der Waals surface area (Å²) in [5.74, 6) is 0.416. The first-order chi connectivity index (χ1) is 13.1. The Hall–Kier alpha value is -3.67.